The fraction of sp³-hybridized carbons (Fsp3) is 0.294. The van der Waals surface area contributed by atoms with Gasteiger partial charge >= 0.3 is 0 Å². The molecule has 1 aromatic heterocycles. The van der Waals surface area contributed by atoms with E-state index in [-0.39, 0.29) is 0 Å². The number of nitrogens with one attached hydrogen (secondary N) is 2. The number of aryl methyl sites for hydroxylation is 1. The van der Waals surface area contributed by atoms with Crippen LogP contribution in [0.2, 0.25) is 0 Å². The molecule has 0 atom stereocenters. The molecule has 0 aliphatic carbocycles. The van der Waals surface area contributed by atoms with Crippen LogP contribution in [0.15, 0.2) is 36.5 Å². The van der Waals surface area contributed by atoms with Gasteiger partial charge in [0.15, 0.2) is 16.6 Å². The average Bonchev–Trinajstić information content (AvgIpc) is 2.56. The minimum atomic E-state index is 0.523. The number of rotatable bonds is 6. The van der Waals surface area contributed by atoms with Gasteiger partial charge in [-0.2, -0.15) is 0 Å². The number of ether oxygens (including phenoxy) is 2. The van der Waals surface area contributed by atoms with Crippen molar-refractivity contribution in [2.24, 2.45) is 0 Å². The van der Waals surface area contributed by atoms with Crippen molar-refractivity contribution < 1.29 is 9.47 Å². The molecule has 0 amide bonds. The first-order chi connectivity index (χ1) is 11.1. The Kier molecular flexibility index (Phi) is 6.17. The maximum atomic E-state index is 5.57. The molecule has 0 aliphatic rings. The van der Waals surface area contributed by atoms with E-state index in [0.717, 1.165) is 28.4 Å². The van der Waals surface area contributed by atoms with Crippen molar-refractivity contribution in [1.29, 1.82) is 0 Å². The quantitative estimate of drug-likeness (QED) is 0.792. The molecule has 0 saturated carbocycles. The minimum absolute atomic E-state index is 0.523. The van der Waals surface area contributed by atoms with E-state index in [9.17, 15) is 0 Å². The third-order valence-electron chi connectivity index (χ3n) is 3.13. The zero-order valence-electron chi connectivity index (χ0n) is 13.6. The second-order valence-corrected chi connectivity index (χ2v) is 5.35. The number of thiocarbonyl (C=S) groups is 1. The number of benzene rings is 1. The van der Waals surface area contributed by atoms with E-state index in [1.54, 1.807) is 13.3 Å². The summed E-state index contributed by atoms with van der Waals surface area (Å²) < 4.78 is 10.8. The molecular formula is C17H21N3O2S. The fourth-order valence-electron chi connectivity index (χ4n) is 1.98. The Hall–Kier alpha value is -2.34. The molecule has 0 fully saturated rings. The molecule has 0 saturated heterocycles. The normalized spacial score (nSPS) is 10.0. The van der Waals surface area contributed by atoms with E-state index in [0.29, 0.717) is 18.3 Å². The Morgan fingerprint density at radius 1 is 1.22 bits per heavy atom. The van der Waals surface area contributed by atoms with Crippen LogP contribution >= 0.6 is 12.2 Å². The first-order valence-corrected chi connectivity index (χ1v) is 7.80. The van der Waals surface area contributed by atoms with Gasteiger partial charge in [-0.05, 0) is 55.4 Å². The molecule has 5 nitrogen and oxygen atoms in total. The fourth-order valence-corrected chi connectivity index (χ4v) is 2.16. The summed E-state index contributed by atoms with van der Waals surface area (Å²) in [7, 11) is 1.63. The summed E-state index contributed by atoms with van der Waals surface area (Å²) in [6.45, 7) is 5.11. The van der Waals surface area contributed by atoms with Gasteiger partial charge in [-0.15, -0.1) is 0 Å². The van der Waals surface area contributed by atoms with Crippen molar-refractivity contribution >= 4 is 23.1 Å². The van der Waals surface area contributed by atoms with Crippen molar-refractivity contribution in [3.05, 3.63) is 47.7 Å². The number of methoxy groups -OCH3 is 1. The van der Waals surface area contributed by atoms with Gasteiger partial charge in [0, 0.05) is 12.7 Å². The summed E-state index contributed by atoms with van der Waals surface area (Å²) in [4.78, 5) is 4.26. The third-order valence-corrected chi connectivity index (χ3v) is 3.38. The highest BCUT2D eigenvalue weighted by molar-refractivity contribution is 7.80. The monoisotopic (exact) mass is 331 g/mol. The van der Waals surface area contributed by atoms with Crippen LogP contribution in [0.3, 0.4) is 0 Å². The molecule has 0 radical (unpaired) electrons. The smallest absolute Gasteiger partial charge is 0.172 e. The lowest BCUT2D eigenvalue weighted by molar-refractivity contribution is 0.310. The second kappa shape index (κ2) is 8.33. The van der Waals surface area contributed by atoms with Crippen LogP contribution < -0.4 is 20.1 Å². The topological polar surface area (TPSA) is 55.4 Å². The lowest BCUT2D eigenvalue weighted by Gasteiger charge is -2.13. The highest BCUT2D eigenvalue weighted by atomic mass is 32.1. The van der Waals surface area contributed by atoms with Crippen molar-refractivity contribution in [2.75, 3.05) is 19.0 Å². The van der Waals surface area contributed by atoms with Gasteiger partial charge in [0.2, 0.25) is 0 Å². The van der Waals surface area contributed by atoms with E-state index in [1.807, 2.05) is 44.2 Å². The summed E-state index contributed by atoms with van der Waals surface area (Å²) in [6.07, 6.45) is 1.79. The molecule has 1 heterocycles. The van der Waals surface area contributed by atoms with Crippen LogP contribution in [-0.4, -0.2) is 23.8 Å². The Morgan fingerprint density at radius 2 is 2.04 bits per heavy atom. The van der Waals surface area contributed by atoms with E-state index in [2.05, 4.69) is 15.6 Å². The number of hydrogen-bond donors (Lipinski definition) is 2. The SMILES string of the molecule is CCOc1cc(CNC(=S)Nc2ccc(C)cn2)ccc1OC. The molecule has 0 aliphatic heterocycles. The number of hydrogen-bond acceptors (Lipinski definition) is 4. The summed E-state index contributed by atoms with van der Waals surface area (Å²) in [5, 5.41) is 6.73. The summed E-state index contributed by atoms with van der Waals surface area (Å²) in [6, 6.07) is 9.68. The van der Waals surface area contributed by atoms with E-state index in [1.165, 1.54) is 0 Å². The lowest BCUT2D eigenvalue weighted by atomic mass is 10.2. The molecule has 2 N–H and O–H groups in total. The highest BCUT2D eigenvalue weighted by Crippen LogP contribution is 2.27. The Balaban J connectivity index is 1.93. The molecule has 23 heavy (non-hydrogen) atoms. The van der Waals surface area contributed by atoms with Crippen LogP contribution in [0.4, 0.5) is 5.82 Å². The maximum absolute atomic E-state index is 5.57. The first kappa shape index (κ1) is 17.0. The molecule has 2 rings (SSSR count). The van der Waals surface area contributed by atoms with E-state index >= 15 is 0 Å². The van der Waals surface area contributed by atoms with Crippen LogP contribution in [0.1, 0.15) is 18.1 Å². The largest absolute Gasteiger partial charge is 0.493 e. The van der Waals surface area contributed by atoms with Gasteiger partial charge in [-0.3, -0.25) is 0 Å². The molecule has 122 valence electrons. The van der Waals surface area contributed by atoms with Gasteiger partial charge in [0.1, 0.15) is 5.82 Å². The molecule has 0 unspecified atom stereocenters. The van der Waals surface area contributed by atoms with Gasteiger partial charge in [0.25, 0.3) is 0 Å². The number of aromatic nitrogens is 1. The van der Waals surface area contributed by atoms with Crippen LogP contribution in [0, 0.1) is 6.92 Å². The zero-order chi connectivity index (χ0) is 16.7. The van der Waals surface area contributed by atoms with Crippen molar-refractivity contribution in [1.82, 2.24) is 10.3 Å². The molecule has 1 aromatic carbocycles. The summed E-state index contributed by atoms with van der Waals surface area (Å²) >= 11 is 5.28. The predicted octanol–water partition coefficient (Wildman–Crippen LogP) is 3.28. The molecule has 0 bridgehead atoms. The van der Waals surface area contributed by atoms with Crippen LogP contribution in [-0.2, 0) is 6.54 Å². The molecule has 6 heteroatoms. The van der Waals surface area contributed by atoms with Crippen molar-refractivity contribution in [3.63, 3.8) is 0 Å². The lowest BCUT2D eigenvalue weighted by Crippen LogP contribution is -2.28. The van der Waals surface area contributed by atoms with Gasteiger partial charge < -0.3 is 20.1 Å². The highest BCUT2D eigenvalue weighted by Gasteiger charge is 2.06. The molecule has 2 aromatic rings. The average molecular weight is 331 g/mol. The Morgan fingerprint density at radius 3 is 2.70 bits per heavy atom. The Bertz CT molecular complexity index is 659. The Labute approximate surface area is 142 Å². The minimum Gasteiger partial charge on any atom is -0.493 e. The van der Waals surface area contributed by atoms with Crippen LogP contribution in [0.5, 0.6) is 11.5 Å². The van der Waals surface area contributed by atoms with E-state index < -0.39 is 0 Å². The van der Waals surface area contributed by atoms with Crippen molar-refractivity contribution in [3.8, 4) is 11.5 Å². The van der Waals surface area contributed by atoms with Gasteiger partial charge in [0.05, 0.1) is 13.7 Å². The van der Waals surface area contributed by atoms with E-state index in [4.69, 9.17) is 21.7 Å². The predicted molar refractivity (Wildman–Crippen MR) is 96.2 cm³/mol. The summed E-state index contributed by atoms with van der Waals surface area (Å²) in [5.74, 6) is 2.17. The molecule has 0 spiro atoms. The standard InChI is InChI=1S/C17H21N3O2S/c1-4-22-15-9-13(6-7-14(15)21-3)11-19-17(23)20-16-8-5-12(2)10-18-16/h5-10H,4,11H2,1-3H3,(H2,18,19,20,23). The molecular weight excluding hydrogens is 310 g/mol. The zero-order valence-corrected chi connectivity index (χ0v) is 14.4. The maximum Gasteiger partial charge on any atom is 0.172 e. The first-order valence-electron chi connectivity index (χ1n) is 7.39. The van der Waals surface area contributed by atoms with Crippen molar-refractivity contribution in [2.45, 2.75) is 20.4 Å². The second-order valence-electron chi connectivity index (χ2n) is 4.95. The van der Waals surface area contributed by atoms with Gasteiger partial charge in [-0.25, -0.2) is 4.98 Å². The van der Waals surface area contributed by atoms with Gasteiger partial charge in [-0.1, -0.05) is 12.1 Å². The number of anilines is 1. The number of pyridine rings is 1. The summed E-state index contributed by atoms with van der Waals surface area (Å²) in [5.41, 5.74) is 2.16. The number of nitrogens with zero attached hydrogens (tertiary/aromatic N) is 1. The third kappa shape index (κ3) is 5.10. The van der Waals surface area contributed by atoms with Crippen LogP contribution in [0.25, 0.3) is 0 Å².